The van der Waals surface area contributed by atoms with Gasteiger partial charge in [0.15, 0.2) is 0 Å². The fourth-order valence-electron chi connectivity index (χ4n) is 1.88. The molecule has 2 rings (SSSR count). The average Bonchev–Trinajstić information content (AvgIpc) is 2.91. The minimum absolute atomic E-state index is 0.0936. The second kappa shape index (κ2) is 6.33. The molecule has 0 aliphatic heterocycles. The maximum Gasteiger partial charge on any atom is 0.255 e. The van der Waals surface area contributed by atoms with Crippen LogP contribution < -0.4 is 10.6 Å². The molecule has 2 aromatic rings. The highest BCUT2D eigenvalue weighted by atomic mass is 32.1. The van der Waals surface area contributed by atoms with E-state index in [1.807, 2.05) is 18.4 Å². The van der Waals surface area contributed by atoms with Crippen LogP contribution in [0.2, 0.25) is 0 Å². The number of hydrogen-bond acceptors (Lipinski definition) is 4. The van der Waals surface area contributed by atoms with E-state index in [4.69, 9.17) is 0 Å². The first-order valence-corrected chi connectivity index (χ1v) is 7.03. The quantitative estimate of drug-likeness (QED) is 0.881. The van der Waals surface area contributed by atoms with Gasteiger partial charge in [0.1, 0.15) is 0 Å². The third-order valence-electron chi connectivity index (χ3n) is 2.80. The summed E-state index contributed by atoms with van der Waals surface area (Å²) in [4.78, 5) is 17.4. The van der Waals surface area contributed by atoms with Crippen molar-refractivity contribution in [1.82, 2.24) is 10.3 Å². The zero-order valence-corrected chi connectivity index (χ0v) is 11.8. The molecule has 100 valence electrons. The summed E-state index contributed by atoms with van der Waals surface area (Å²) in [6.45, 7) is 2.01. The molecule has 0 spiro atoms. The van der Waals surface area contributed by atoms with Crippen LogP contribution in [0.1, 0.15) is 22.2 Å². The lowest BCUT2D eigenvalue weighted by Crippen LogP contribution is -2.34. The lowest BCUT2D eigenvalue weighted by atomic mass is 10.1. The minimum atomic E-state index is -0.0958. The molecule has 0 aromatic carbocycles. The van der Waals surface area contributed by atoms with Crippen molar-refractivity contribution >= 4 is 22.9 Å². The standard InChI is InChI=1S/C14H17N3OS/c1-10(8-11-4-3-7-19-11)17-14(18)12-9-16-6-5-13(12)15-2/h3-7,9-10H,8H2,1-2H3,(H,15,16)(H,17,18). The number of hydrogen-bond donors (Lipinski definition) is 2. The number of pyridine rings is 1. The highest BCUT2D eigenvalue weighted by Crippen LogP contribution is 2.14. The molecular formula is C14H17N3OS. The third-order valence-corrected chi connectivity index (χ3v) is 3.70. The van der Waals surface area contributed by atoms with E-state index in [1.165, 1.54) is 4.88 Å². The van der Waals surface area contributed by atoms with Gasteiger partial charge in [0, 0.05) is 42.5 Å². The van der Waals surface area contributed by atoms with E-state index in [-0.39, 0.29) is 11.9 Å². The Morgan fingerprint density at radius 3 is 3.00 bits per heavy atom. The first-order valence-electron chi connectivity index (χ1n) is 6.15. The van der Waals surface area contributed by atoms with Crippen LogP contribution in [0.15, 0.2) is 36.0 Å². The van der Waals surface area contributed by atoms with Gasteiger partial charge in [-0.05, 0) is 24.4 Å². The summed E-state index contributed by atoms with van der Waals surface area (Å²) >= 11 is 1.71. The average molecular weight is 275 g/mol. The molecule has 1 atom stereocenters. The largest absolute Gasteiger partial charge is 0.387 e. The SMILES string of the molecule is CNc1ccncc1C(=O)NC(C)Cc1cccs1. The molecular weight excluding hydrogens is 258 g/mol. The lowest BCUT2D eigenvalue weighted by molar-refractivity contribution is 0.0940. The summed E-state index contributed by atoms with van der Waals surface area (Å²) in [6, 6.07) is 5.99. The van der Waals surface area contributed by atoms with Gasteiger partial charge < -0.3 is 10.6 Å². The molecule has 0 aliphatic carbocycles. The topological polar surface area (TPSA) is 54.0 Å². The van der Waals surface area contributed by atoms with Crippen molar-refractivity contribution in [3.63, 3.8) is 0 Å². The van der Waals surface area contributed by atoms with E-state index in [9.17, 15) is 4.79 Å². The number of aromatic nitrogens is 1. The van der Waals surface area contributed by atoms with Crippen molar-refractivity contribution in [1.29, 1.82) is 0 Å². The Balaban J connectivity index is 2.00. The van der Waals surface area contributed by atoms with Crippen LogP contribution in [0.25, 0.3) is 0 Å². The minimum Gasteiger partial charge on any atom is -0.387 e. The Morgan fingerprint density at radius 2 is 2.32 bits per heavy atom. The van der Waals surface area contributed by atoms with E-state index in [2.05, 4.69) is 21.7 Å². The predicted octanol–water partition coefficient (Wildman–Crippen LogP) is 2.55. The van der Waals surface area contributed by atoms with Crippen LogP contribution in [-0.2, 0) is 6.42 Å². The van der Waals surface area contributed by atoms with Crippen molar-refractivity contribution in [2.75, 3.05) is 12.4 Å². The van der Waals surface area contributed by atoms with Crippen LogP contribution in [0.5, 0.6) is 0 Å². The maximum atomic E-state index is 12.2. The van der Waals surface area contributed by atoms with E-state index in [0.29, 0.717) is 5.56 Å². The first-order chi connectivity index (χ1) is 9.20. The highest BCUT2D eigenvalue weighted by Gasteiger charge is 2.13. The van der Waals surface area contributed by atoms with Crippen molar-refractivity contribution in [3.05, 3.63) is 46.4 Å². The van der Waals surface area contributed by atoms with Crippen LogP contribution in [-0.4, -0.2) is 24.0 Å². The van der Waals surface area contributed by atoms with Gasteiger partial charge in [-0.2, -0.15) is 0 Å². The van der Waals surface area contributed by atoms with Crippen molar-refractivity contribution < 1.29 is 4.79 Å². The summed E-state index contributed by atoms with van der Waals surface area (Å²) in [5.74, 6) is -0.0958. The van der Waals surface area contributed by atoms with Crippen LogP contribution >= 0.6 is 11.3 Å². The molecule has 5 heteroatoms. The highest BCUT2D eigenvalue weighted by molar-refractivity contribution is 7.09. The summed E-state index contributed by atoms with van der Waals surface area (Å²) in [6.07, 6.45) is 4.09. The summed E-state index contributed by atoms with van der Waals surface area (Å²) < 4.78 is 0. The van der Waals surface area contributed by atoms with Crippen LogP contribution in [0, 0.1) is 0 Å². The van der Waals surface area contributed by atoms with E-state index >= 15 is 0 Å². The number of amides is 1. The van der Waals surface area contributed by atoms with Crippen molar-refractivity contribution in [2.45, 2.75) is 19.4 Å². The Bertz CT molecular complexity index is 539. The fraction of sp³-hybridized carbons (Fsp3) is 0.286. The monoisotopic (exact) mass is 275 g/mol. The molecule has 4 nitrogen and oxygen atoms in total. The van der Waals surface area contributed by atoms with Crippen molar-refractivity contribution in [2.24, 2.45) is 0 Å². The zero-order valence-electron chi connectivity index (χ0n) is 11.0. The Morgan fingerprint density at radius 1 is 1.47 bits per heavy atom. The van der Waals surface area contributed by atoms with Gasteiger partial charge in [-0.15, -0.1) is 11.3 Å². The molecule has 0 saturated heterocycles. The Hall–Kier alpha value is -1.88. The maximum absolute atomic E-state index is 12.2. The third kappa shape index (κ3) is 3.54. The van der Waals surface area contributed by atoms with Crippen molar-refractivity contribution in [3.8, 4) is 0 Å². The molecule has 0 aliphatic rings. The number of thiophene rings is 1. The van der Waals surface area contributed by atoms with E-state index in [0.717, 1.165) is 12.1 Å². The second-order valence-electron chi connectivity index (χ2n) is 4.33. The molecule has 2 N–H and O–H groups in total. The van der Waals surface area contributed by atoms with E-state index in [1.54, 1.807) is 36.8 Å². The van der Waals surface area contributed by atoms with Gasteiger partial charge in [-0.3, -0.25) is 9.78 Å². The van der Waals surface area contributed by atoms with Gasteiger partial charge in [0.2, 0.25) is 0 Å². The molecule has 0 bridgehead atoms. The Kier molecular flexibility index (Phi) is 4.52. The predicted molar refractivity (Wildman–Crippen MR) is 78.7 cm³/mol. The summed E-state index contributed by atoms with van der Waals surface area (Å²) in [7, 11) is 1.79. The van der Waals surface area contributed by atoms with E-state index < -0.39 is 0 Å². The molecule has 1 unspecified atom stereocenters. The summed E-state index contributed by atoms with van der Waals surface area (Å²) in [5.41, 5.74) is 1.36. The smallest absolute Gasteiger partial charge is 0.255 e. The van der Waals surface area contributed by atoms with Gasteiger partial charge >= 0.3 is 0 Å². The molecule has 0 saturated carbocycles. The number of anilines is 1. The zero-order chi connectivity index (χ0) is 13.7. The number of carbonyl (C=O) groups is 1. The molecule has 2 heterocycles. The number of rotatable bonds is 5. The fourth-order valence-corrected chi connectivity index (χ4v) is 2.71. The summed E-state index contributed by atoms with van der Waals surface area (Å²) in [5, 5.41) is 8.04. The molecule has 0 radical (unpaired) electrons. The molecule has 19 heavy (non-hydrogen) atoms. The molecule has 1 amide bonds. The second-order valence-corrected chi connectivity index (χ2v) is 5.36. The molecule has 0 fully saturated rings. The number of nitrogens with one attached hydrogen (secondary N) is 2. The number of nitrogens with zero attached hydrogens (tertiary/aromatic N) is 1. The molecule has 2 aromatic heterocycles. The van der Waals surface area contributed by atoms with Crippen LogP contribution in [0.3, 0.4) is 0 Å². The Labute approximate surface area is 116 Å². The van der Waals surface area contributed by atoms with Crippen LogP contribution in [0.4, 0.5) is 5.69 Å². The van der Waals surface area contributed by atoms with Gasteiger partial charge in [-0.25, -0.2) is 0 Å². The lowest BCUT2D eigenvalue weighted by Gasteiger charge is -2.14. The van der Waals surface area contributed by atoms with Gasteiger partial charge in [0.05, 0.1) is 5.56 Å². The number of carbonyl (C=O) groups excluding carboxylic acids is 1. The first kappa shape index (κ1) is 13.5. The van der Waals surface area contributed by atoms with Gasteiger partial charge in [0.25, 0.3) is 5.91 Å². The van der Waals surface area contributed by atoms with Gasteiger partial charge in [-0.1, -0.05) is 6.07 Å². The normalized spacial score (nSPS) is 11.9.